The van der Waals surface area contributed by atoms with Crippen LogP contribution in [-0.4, -0.2) is 13.0 Å². The first-order valence-electron chi connectivity index (χ1n) is 8.95. The molecule has 0 aliphatic heterocycles. The molecule has 2 aromatic carbocycles. The van der Waals surface area contributed by atoms with Crippen LogP contribution in [0.3, 0.4) is 0 Å². The Kier molecular flexibility index (Phi) is 4.66. The molecule has 2 heterocycles. The number of hydrogen-bond acceptors (Lipinski definition) is 3. The molecule has 0 spiro atoms. The SMILES string of the molecule is CCn1c(C)c(C(c2cccs2)S(=O)(=O)c2ccccc2)c2ccccc21. The number of rotatable bonds is 5. The van der Waals surface area contributed by atoms with Crippen molar-refractivity contribution in [1.29, 1.82) is 0 Å². The highest BCUT2D eigenvalue weighted by Crippen LogP contribution is 2.42. The van der Waals surface area contributed by atoms with E-state index >= 15 is 0 Å². The van der Waals surface area contributed by atoms with Crippen LogP contribution in [0, 0.1) is 6.92 Å². The van der Waals surface area contributed by atoms with Crippen molar-refractivity contribution in [1.82, 2.24) is 4.57 Å². The van der Waals surface area contributed by atoms with Crippen LogP contribution in [0.2, 0.25) is 0 Å². The van der Waals surface area contributed by atoms with Gasteiger partial charge in [-0.2, -0.15) is 0 Å². The Balaban J connectivity index is 2.06. The van der Waals surface area contributed by atoms with Gasteiger partial charge in [0.1, 0.15) is 5.25 Å². The molecule has 0 bridgehead atoms. The minimum absolute atomic E-state index is 0.358. The van der Waals surface area contributed by atoms with Crippen molar-refractivity contribution in [2.45, 2.75) is 30.5 Å². The molecule has 2 aromatic heterocycles. The summed E-state index contributed by atoms with van der Waals surface area (Å²) < 4.78 is 29.6. The van der Waals surface area contributed by atoms with Gasteiger partial charge in [0.05, 0.1) is 4.90 Å². The van der Waals surface area contributed by atoms with Crippen LogP contribution < -0.4 is 0 Å². The zero-order valence-electron chi connectivity index (χ0n) is 15.3. The monoisotopic (exact) mass is 395 g/mol. The predicted octanol–water partition coefficient (Wildman–Crippen LogP) is 5.59. The fourth-order valence-electron chi connectivity index (χ4n) is 3.83. The summed E-state index contributed by atoms with van der Waals surface area (Å²) in [5.41, 5.74) is 2.98. The summed E-state index contributed by atoms with van der Waals surface area (Å²) in [6.07, 6.45) is 0. The molecule has 0 saturated carbocycles. The van der Waals surface area contributed by atoms with Crippen molar-refractivity contribution in [3.05, 3.63) is 88.2 Å². The van der Waals surface area contributed by atoms with E-state index in [4.69, 9.17) is 0 Å². The third kappa shape index (κ3) is 2.91. The Morgan fingerprint density at radius 3 is 2.33 bits per heavy atom. The van der Waals surface area contributed by atoms with Gasteiger partial charge in [0.15, 0.2) is 9.84 Å². The van der Waals surface area contributed by atoms with Crippen LogP contribution in [0.1, 0.15) is 28.3 Å². The van der Waals surface area contributed by atoms with Gasteiger partial charge in [-0.15, -0.1) is 11.3 Å². The minimum Gasteiger partial charge on any atom is -0.345 e. The van der Waals surface area contributed by atoms with Crippen LogP contribution in [0.5, 0.6) is 0 Å². The normalized spacial score (nSPS) is 13.1. The summed E-state index contributed by atoms with van der Waals surface area (Å²) in [5.74, 6) is 0. The van der Waals surface area contributed by atoms with Crippen LogP contribution in [0.4, 0.5) is 0 Å². The Hall–Kier alpha value is -2.37. The number of hydrogen-bond donors (Lipinski definition) is 0. The van der Waals surface area contributed by atoms with Crippen LogP contribution in [0.25, 0.3) is 10.9 Å². The lowest BCUT2D eigenvalue weighted by Crippen LogP contribution is -2.15. The molecule has 138 valence electrons. The van der Waals surface area contributed by atoms with E-state index in [0.717, 1.165) is 33.6 Å². The second kappa shape index (κ2) is 6.98. The van der Waals surface area contributed by atoms with Gasteiger partial charge in [-0.3, -0.25) is 0 Å². The summed E-state index contributed by atoms with van der Waals surface area (Å²) in [7, 11) is -3.59. The van der Waals surface area contributed by atoms with Crippen molar-refractivity contribution in [3.8, 4) is 0 Å². The van der Waals surface area contributed by atoms with Crippen LogP contribution in [0.15, 0.2) is 77.0 Å². The molecule has 1 unspecified atom stereocenters. The maximum Gasteiger partial charge on any atom is 0.190 e. The lowest BCUT2D eigenvalue weighted by Gasteiger charge is -2.18. The first kappa shape index (κ1) is 18.0. The van der Waals surface area contributed by atoms with Crippen molar-refractivity contribution < 1.29 is 8.42 Å². The third-order valence-electron chi connectivity index (χ3n) is 5.04. The fourth-order valence-corrected chi connectivity index (χ4v) is 6.89. The van der Waals surface area contributed by atoms with Gasteiger partial charge in [0, 0.05) is 33.6 Å². The van der Waals surface area contributed by atoms with Crippen molar-refractivity contribution in [3.63, 3.8) is 0 Å². The molecule has 1 atom stereocenters. The zero-order valence-corrected chi connectivity index (χ0v) is 16.9. The maximum atomic E-state index is 13.7. The molecule has 0 aliphatic carbocycles. The second-order valence-corrected chi connectivity index (χ2v) is 9.53. The molecule has 0 fully saturated rings. The Bertz CT molecular complexity index is 1170. The number of sulfone groups is 1. The number of para-hydroxylation sites is 1. The van der Waals surface area contributed by atoms with Gasteiger partial charge < -0.3 is 4.57 Å². The van der Waals surface area contributed by atoms with Gasteiger partial charge in [-0.25, -0.2) is 8.42 Å². The van der Waals surface area contributed by atoms with E-state index in [1.807, 2.05) is 48.7 Å². The van der Waals surface area contributed by atoms with E-state index in [-0.39, 0.29) is 0 Å². The Labute approximate surface area is 163 Å². The van der Waals surface area contributed by atoms with Gasteiger partial charge in [0.25, 0.3) is 0 Å². The van der Waals surface area contributed by atoms with Gasteiger partial charge in [-0.05, 0) is 43.5 Å². The molecule has 27 heavy (non-hydrogen) atoms. The molecular weight excluding hydrogens is 374 g/mol. The number of aryl methyl sites for hydroxylation is 1. The average molecular weight is 396 g/mol. The van der Waals surface area contributed by atoms with E-state index in [1.165, 1.54) is 11.3 Å². The number of nitrogens with zero attached hydrogens (tertiary/aromatic N) is 1. The summed E-state index contributed by atoms with van der Waals surface area (Å²) in [4.78, 5) is 1.21. The number of thiophene rings is 1. The van der Waals surface area contributed by atoms with E-state index in [2.05, 4.69) is 17.6 Å². The second-order valence-electron chi connectivity index (χ2n) is 6.51. The highest BCUT2D eigenvalue weighted by atomic mass is 32.2. The molecule has 0 amide bonds. The zero-order chi connectivity index (χ0) is 19.0. The summed E-state index contributed by atoms with van der Waals surface area (Å²) >= 11 is 1.49. The molecule has 3 nitrogen and oxygen atoms in total. The summed E-state index contributed by atoms with van der Waals surface area (Å²) in [6, 6.07) is 20.7. The highest BCUT2D eigenvalue weighted by molar-refractivity contribution is 7.92. The largest absolute Gasteiger partial charge is 0.345 e. The van der Waals surface area contributed by atoms with E-state index in [1.54, 1.807) is 24.3 Å². The number of fused-ring (bicyclic) bond motifs is 1. The molecule has 0 radical (unpaired) electrons. The highest BCUT2D eigenvalue weighted by Gasteiger charge is 2.35. The quantitative estimate of drug-likeness (QED) is 0.441. The van der Waals surface area contributed by atoms with Gasteiger partial charge >= 0.3 is 0 Å². The van der Waals surface area contributed by atoms with Gasteiger partial charge in [-0.1, -0.05) is 42.5 Å². The van der Waals surface area contributed by atoms with Crippen LogP contribution in [-0.2, 0) is 16.4 Å². The fraction of sp³-hybridized carbons (Fsp3) is 0.182. The molecule has 0 saturated heterocycles. The molecule has 4 rings (SSSR count). The molecule has 4 aromatic rings. The topological polar surface area (TPSA) is 39.1 Å². The van der Waals surface area contributed by atoms with Crippen molar-refractivity contribution in [2.75, 3.05) is 0 Å². The minimum atomic E-state index is -3.59. The Morgan fingerprint density at radius 2 is 1.67 bits per heavy atom. The number of benzene rings is 2. The standard InChI is InChI=1S/C22H21NO2S2/c1-3-23-16(2)21(18-12-7-8-13-19(18)23)22(20-14-9-15-26-20)27(24,25)17-10-5-4-6-11-17/h4-15,22H,3H2,1-2H3. The molecule has 0 N–H and O–H groups in total. The van der Waals surface area contributed by atoms with E-state index in [0.29, 0.717) is 4.90 Å². The first-order chi connectivity index (χ1) is 13.1. The van der Waals surface area contributed by atoms with Crippen molar-refractivity contribution in [2.24, 2.45) is 0 Å². The first-order valence-corrected chi connectivity index (χ1v) is 11.4. The van der Waals surface area contributed by atoms with Gasteiger partial charge in [0.2, 0.25) is 0 Å². The lowest BCUT2D eigenvalue weighted by molar-refractivity contribution is 0.589. The third-order valence-corrected chi connectivity index (χ3v) is 8.17. The molecule has 0 aliphatic rings. The van der Waals surface area contributed by atoms with Crippen LogP contribution >= 0.6 is 11.3 Å². The maximum absolute atomic E-state index is 13.7. The summed E-state index contributed by atoms with van der Waals surface area (Å²) in [6.45, 7) is 4.92. The lowest BCUT2D eigenvalue weighted by atomic mass is 10.1. The van der Waals surface area contributed by atoms with Crippen molar-refractivity contribution >= 4 is 32.1 Å². The smallest absolute Gasteiger partial charge is 0.190 e. The molecular formula is C22H21NO2S2. The summed E-state index contributed by atoms with van der Waals surface area (Å²) in [5, 5.41) is 2.24. The van der Waals surface area contributed by atoms with E-state index < -0.39 is 15.1 Å². The number of aromatic nitrogens is 1. The molecule has 5 heteroatoms. The predicted molar refractivity (Wildman–Crippen MR) is 112 cm³/mol. The Morgan fingerprint density at radius 1 is 0.963 bits per heavy atom. The van der Waals surface area contributed by atoms with E-state index in [9.17, 15) is 8.42 Å². The average Bonchev–Trinajstić information content (AvgIpc) is 3.30.